The number of carbonyl (C=O) groups is 2. The predicted molar refractivity (Wildman–Crippen MR) is 110 cm³/mol. The molecule has 156 valence electrons. The van der Waals surface area contributed by atoms with Crippen LogP contribution in [-0.4, -0.2) is 22.4 Å². The molecule has 0 aliphatic rings. The number of rotatable bonds is 7. The number of aromatic nitrogens is 1. The molecule has 1 heterocycles. The first kappa shape index (κ1) is 22.3. The minimum Gasteiger partial charge on any atom is -0.352 e. The fourth-order valence-electron chi connectivity index (χ4n) is 2.92. The average Bonchev–Trinajstić information content (AvgIpc) is 2.62. The molecule has 2 aromatic rings. The average molecular weight is 401 g/mol. The van der Waals surface area contributed by atoms with Crippen LogP contribution < -0.4 is 16.1 Å². The van der Waals surface area contributed by atoms with Gasteiger partial charge in [-0.1, -0.05) is 19.9 Å². The van der Waals surface area contributed by atoms with E-state index in [1.54, 1.807) is 24.5 Å². The van der Waals surface area contributed by atoms with Crippen LogP contribution in [0.25, 0.3) is 0 Å². The number of nitrogens with zero attached hydrogens (tertiary/aromatic N) is 1. The van der Waals surface area contributed by atoms with Crippen molar-refractivity contribution in [1.82, 2.24) is 15.2 Å². The Balaban J connectivity index is 2.36. The van der Waals surface area contributed by atoms with Gasteiger partial charge in [-0.3, -0.25) is 14.4 Å². The molecule has 0 spiro atoms. The van der Waals surface area contributed by atoms with Gasteiger partial charge in [0.2, 0.25) is 5.43 Å². The van der Waals surface area contributed by atoms with Crippen LogP contribution >= 0.6 is 0 Å². The summed E-state index contributed by atoms with van der Waals surface area (Å²) in [5, 5.41) is 5.35. The van der Waals surface area contributed by atoms with Gasteiger partial charge in [0.1, 0.15) is 16.9 Å². The Bertz CT molecular complexity index is 964. The lowest BCUT2D eigenvalue weighted by molar-refractivity contribution is 0.0941. The van der Waals surface area contributed by atoms with Crippen LogP contribution in [-0.2, 0) is 13.1 Å². The zero-order valence-electron chi connectivity index (χ0n) is 17.5. The van der Waals surface area contributed by atoms with Gasteiger partial charge in [-0.2, -0.15) is 0 Å². The molecule has 0 unspecified atom stereocenters. The summed E-state index contributed by atoms with van der Waals surface area (Å²) in [6, 6.07) is 4.18. The molecule has 0 saturated heterocycles. The summed E-state index contributed by atoms with van der Waals surface area (Å²) in [7, 11) is 0. The van der Waals surface area contributed by atoms with E-state index < -0.39 is 23.1 Å². The van der Waals surface area contributed by atoms with Gasteiger partial charge in [0.15, 0.2) is 0 Å². The third-order valence-electron chi connectivity index (χ3n) is 4.31. The first-order chi connectivity index (χ1) is 13.6. The van der Waals surface area contributed by atoms with Gasteiger partial charge in [-0.15, -0.1) is 0 Å². The minimum absolute atomic E-state index is 0.0751. The maximum absolute atomic E-state index is 13.5. The van der Waals surface area contributed by atoms with E-state index in [4.69, 9.17) is 0 Å². The summed E-state index contributed by atoms with van der Waals surface area (Å²) < 4.78 is 15.2. The van der Waals surface area contributed by atoms with E-state index in [0.717, 1.165) is 5.56 Å². The maximum Gasteiger partial charge on any atom is 0.257 e. The van der Waals surface area contributed by atoms with Crippen LogP contribution in [0.4, 0.5) is 4.39 Å². The highest BCUT2D eigenvalue weighted by atomic mass is 19.1. The molecule has 2 amide bonds. The van der Waals surface area contributed by atoms with Gasteiger partial charge in [0.05, 0.1) is 0 Å². The van der Waals surface area contributed by atoms with Crippen molar-refractivity contribution in [2.75, 3.05) is 0 Å². The lowest BCUT2D eigenvalue weighted by atomic mass is 10.1. The molecule has 29 heavy (non-hydrogen) atoms. The van der Waals surface area contributed by atoms with E-state index >= 15 is 0 Å². The summed E-state index contributed by atoms with van der Waals surface area (Å²) in [5.41, 5.74) is 0.630. The van der Waals surface area contributed by atoms with Crippen LogP contribution in [0.1, 0.15) is 59.5 Å². The number of nitrogens with one attached hydrogen (secondary N) is 2. The third-order valence-corrected chi connectivity index (χ3v) is 4.31. The molecule has 6 nitrogen and oxygen atoms in total. The van der Waals surface area contributed by atoms with E-state index in [-0.39, 0.29) is 29.6 Å². The van der Waals surface area contributed by atoms with Crippen molar-refractivity contribution in [1.29, 1.82) is 0 Å². The van der Waals surface area contributed by atoms with Crippen molar-refractivity contribution in [2.24, 2.45) is 5.92 Å². The first-order valence-electron chi connectivity index (χ1n) is 9.66. The van der Waals surface area contributed by atoms with Crippen molar-refractivity contribution in [3.8, 4) is 0 Å². The predicted octanol–water partition coefficient (Wildman–Crippen LogP) is 3.02. The fourth-order valence-corrected chi connectivity index (χ4v) is 2.92. The van der Waals surface area contributed by atoms with E-state index in [1.807, 2.05) is 20.8 Å². The summed E-state index contributed by atoms with van der Waals surface area (Å²) in [5.74, 6) is -1.26. The van der Waals surface area contributed by atoms with Gasteiger partial charge >= 0.3 is 0 Å². The van der Waals surface area contributed by atoms with Crippen molar-refractivity contribution in [3.05, 3.63) is 68.9 Å². The first-order valence-corrected chi connectivity index (χ1v) is 9.66. The third kappa shape index (κ3) is 6.01. The highest BCUT2D eigenvalue weighted by molar-refractivity contribution is 5.99. The van der Waals surface area contributed by atoms with E-state index in [2.05, 4.69) is 10.6 Å². The molecule has 0 atom stereocenters. The molecule has 0 aliphatic heterocycles. The second-order valence-electron chi connectivity index (χ2n) is 7.89. The molecule has 1 aromatic carbocycles. The van der Waals surface area contributed by atoms with Crippen LogP contribution in [0.2, 0.25) is 0 Å². The van der Waals surface area contributed by atoms with Crippen molar-refractivity contribution in [2.45, 2.75) is 53.8 Å². The van der Waals surface area contributed by atoms with Crippen LogP contribution in [0.15, 0.2) is 35.4 Å². The Hall–Kier alpha value is -2.96. The number of pyridine rings is 1. The quantitative estimate of drug-likeness (QED) is 0.748. The molecule has 0 aliphatic carbocycles. The molecule has 0 radical (unpaired) electrons. The number of hydrogen-bond acceptors (Lipinski definition) is 3. The SMILES string of the molecule is Cc1ccc(F)cc1CNC(=O)c1cn(CC(C)C)cc(C(=O)NC(C)C)c1=O. The smallest absolute Gasteiger partial charge is 0.257 e. The normalized spacial score (nSPS) is 11.0. The molecule has 0 bridgehead atoms. The molecule has 2 rings (SSSR count). The highest BCUT2D eigenvalue weighted by Crippen LogP contribution is 2.10. The van der Waals surface area contributed by atoms with Crippen LogP contribution in [0, 0.1) is 18.7 Å². The van der Waals surface area contributed by atoms with Gasteiger partial charge in [0.25, 0.3) is 11.8 Å². The number of amides is 2. The molecular formula is C22H28FN3O3. The van der Waals surface area contributed by atoms with Crippen molar-refractivity contribution in [3.63, 3.8) is 0 Å². The van der Waals surface area contributed by atoms with Gasteiger partial charge in [0, 0.05) is 31.5 Å². The second-order valence-corrected chi connectivity index (χ2v) is 7.89. The maximum atomic E-state index is 13.5. The Morgan fingerprint density at radius 1 is 1.07 bits per heavy atom. The Morgan fingerprint density at radius 3 is 2.28 bits per heavy atom. The summed E-state index contributed by atoms with van der Waals surface area (Å²) in [6.07, 6.45) is 2.94. The Morgan fingerprint density at radius 2 is 1.69 bits per heavy atom. The molecule has 1 aromatic heterocycles. The zero-order chi connectivity index (χ0) is 21.7. The molecular weight excluding hydrogens is 373 g/mol. The lowest BCUT2D eigenvalue weighted by Crippen LogP contribution is -2.37. The largest absolute Gasteiger partial charge is 0.352 e. The van der Waals surface area contributed by atoms with E-state index in [1.165, 1.54) is 24.5 Å². The standard InChI is InChI=1S/C22H28FN3O3/c1-13(2)10-26-11-18(20(27)19(12-26)22(29)25-14(3)4)21(28)24-9-16-8-17(23)7-6-15(16)5/h6-8,11-14H,9-10H2,1-5H3,(H,24,28)(H,25,29). The molecule has 7 heteroatoms. The number of aryl methyl sites for hydroxylation is 1. The summed E-state index contributed by atoms with van der Waals surface area (Å²) in [6.45, 7) is 10.0. The van der Waals surface area contributed by atoms with Gasteiger partial charge < -0.3 is 15.2 Å². The lowest BCUT2D eigenvalue weighted by Gasteiger charge is -2.15. The van der Waals surface area contributed by atoms with Crippen molar-refractivity contribution < 1.29 is 14.0 Å². The fraction of sp³-hybridized carbons (Fsp3) is 0.409. The van der Waals surface area contributed by atoms with Gasteiger partial charge in [-0.05, 0) is 49.9 Å². The highest BCUT2D eigenvalue weighted by Gasteiger charge is 2.20. The van der Waals surface area contributed by atoms with E-state index in [9.17, 15) is 18.8 Å². The molecule has 0 saturated carbocycles. The number of halogens is 1. The van der Waals surface area contributed by atoms with Gasteiger partial charge in [-0.25, -0.2) is 4.39 Å². The summed E-state index contributed by atoms with van der Waals surface area (Å²) in [4.78, 5) is 38.0. The summed E-state index contributed by atoms with van der Waals surface area (Å²) >= 11 is 0. The zero-order valence-corrected chi connectivity index (χ0v) is 17.5. The Labute approximate surface area is 170 Å². The topological polar surface area (TPSA) is 80.2 Å². The Kier molecular flexibility index (Phi) is 7.31. The van der Waals surface area contributed by atoms with Crippen LogP contribution in [0.3, 0.4) is 0 Å². The number of carbonyl (C=O) groups excluding carboxylic acids is 2. The molecule has 2 N–H and O–H groups in total. The van der Waals surface area contributed by atoms with Crippen LogP contribution in [0.5, 0.6) is 0 Å². The number of benzene rings is 1. The monoisotopic (exact) mass is 401 g/mol. The molecule has 0 fully saturated rings. The van der Waals surface area contributed by atoms with E-state index in [0.29, 0.717) is 12.1 Å². The van der Waals surface area contributed by atoms with Crippen molar-refractivity contribution >= 4 is 11.8 Å². The second kappa shape index (κ2) is 9.49. The minimum atomic E-state index is -0.628. The number of hydrogen-bond donors (Lipinski definition) is 2.